The molecule has 0 unspecified atom stereocenters. The van der Waals surface area contributed by atoms with E-state index in [0.717, 1.165) is 12.2 Å². The topological polar surface area (TPSA) is 49.5 Å². The maximum Gasteiger partial charge on any atom is 0.0718 e. The number of rotatable bonds is 4. The highest BCUT2D eigenvalue weighted by Gasteiger charge is 2.15. The van der Waals surface area contributed by atoms with E-state index in [9.17, 15) is 5.11 Å². The summed E-state index contributed by atoms with van der Waals surface area (Å²) in [6.45, 7) is 5.06. The van der Waals surface area contributed by atoms with Crippen molar-refractivity contribution in [2.75, 3.05) is 19.3 Å². The molecule has 84 valence electrons. The van der Waals surface area contributed by atoms with Crippen LogP contribution in [0.1, 0.15) is 19.4 Å². The van der Waals surface area contributed by atoms with E-state index in [2.05, 4.69) is 4.90 Å². The zero-order valence-electron chi connectivity index (χ0n) is 9.70. The Morgan fingerprint density at radius 2 is 2.07 bits per heavy atom. The molecule has 0 aliphatic rings. The van der Waals surface area contributed by atoms with Gasteiger partial charge in [0, 0.05) is 18.8 Å². The summed E-state index contributed by atoms with van der Waals surface area (Å²) in [5.74, 6) is 0. The average molecular weight is 208 g/mol. The number of hydrogen-bond acceptors (Lipinski definition) is 3. The highest BCUT2D eigenvalue weighted by atomic mass is 16.3. The number of nitrogens with two attached hydrogens (primary N) is 1. The summed E-state index contributed by atoms with van der Waals surface area (Å²) < 4.78 is 0. The van der Waals surface area contributed by atoms with Crippen LogP contribution in [0, 0.1) is 0 Å². The van der Waals surface area contributed by atoms with Crippen molar-refractivity contribution in [1.82, 2.24) is 4.90 Å². The second kappa shape index (κ2) is 4.64. The third-order valence-corrected chi connectivity index (χ3v) is 2.06. The smallest absolute Gasteiger partial charge is 0.0718 e. The predicted octanol–water partition coefficient (Wildman–Crippen LogP) is 1.47. The van der Waals surface area contributed by atoms with Crippen LogP contribution in [-0.2, 0) is 6.54 Å². The van der Waals surface area contributed by atoms with Crippen LogP contribution < -0.4 is 5.73 Å². The minimum Gasteiger partial charge on any atom is -0.399 e. The first-order valence-electron chi connectivity index (χ1n) is 5.12. The van der Waals surface area contributed by atoms with E-state index in [1.807, 2.05) is 45.2 Å². The summed E-state index contributed by atoms with van der Waals surface area (Å²) >= 11 is 0. The van der Waals surface area contributed by atoms with Gasteiger partial charge in [-0.05, 0) is 38.6 Å². The summed E-state index contributed by atoms with van der Waals surface area (Å²) in [6, 6.07) is 7.82. The van der Waals surface area contributed by atoms with E-state index in [4.69, 9.17) is 5.73 Å². The zero-order valence-corrected chi connectivity index (χ0v) is 9.70. The Kier molecular flexibility index (Phi) is 3.72. The van der Waals surface area contributed by atoms with E-state index >= 15 is 0 Å². The SMILES string of the molecule is CN(Cc1cccc(N)c1)CC(C)(C)O. The summed E-state index contributed by atoms with van der Waals surface area (Å²) in [5, 5.41) is 9.65. The lowest BCUT2D eigenvalue weighted by atomic mass is 10.1. The van der Waals surface area contributed by atoms with Crippen molar-refractivity contribution in [3.63, 3.8) is 0 Å². The summed E-state index contributed by atoms with van der Waals surface area (Å²) in [7, 11) is 1.99. The highest BCUT2D eigenvalue weighted by molar-refractivity contribution is 5.40. The Morgan fingerprint density at radius 1 is 1.40 bits per heavy atom. The molecule has 1 rings (SSSR count). The third kappa shape index (κ3) is 4.81. The van der Waals surface area contributed by atoms with Gasteiger partial charge < -0.3 is 10.8 Å². The third-order valence-electron chi connectivity index (χ3n) is 2.06. The van der Waals surface area contributed by atoms with Crippen molar-refractivity contribution in [2.45, 2.75) is 26.0 Å². The Labute approximate surface area is 91.5 Å². The molecule has 0 aromatic heterocycles. The number of likely N-dealkylation sites (N-methyl/N-ethyl adjacent to an activating group) is 1. The molecule has 0 heterocycles. The van der Waals surface area contributed by atoms with Gasteiger partial charge in [-0.15, -0.1) is 0 Å². The molecule has 0 spiro atoms. The Morgan fingerprint density at radius 3 is 2.60 bits per heavy atom. The van der Waals surface area contributed by atoms with Gasteiger partial charge in [-0.25, -0.2) is 0 Å². The van der Waals surface area contributed by atoms with Gasteiger partial charge in [-0.2, -0.15) is 0 Å². The Hall–Kier alpha value is -1.06. The molecule has 15 heavy (non-hydrogen) atoms. The van der Waals surface area contributed by atoms with Gasteiger partial charge in [0.05, 0.1) is 5.60 Å². The highest BCUT2D eigenvalue weighted by Crippen LogP contribution is 2.11. The van der Waals surface area contributed by atoms with Gasteiger partial charge >= 0.3 is 0 Å². The summed E-state index contributed by atoms with van der Waals surface area (Å²) in [6.07, 6.45) is 0. The van der Waals surface area contributed by atoms with Crippen molar-refractivity contribution < 1.29 is 5.11 Å². The van der Waals surface area contributed by atoms with Crippen LogP contribution in [0.15, 0.2) is 24.3 Å². The second-order valence-electron chi connectivity index (χ2n) is 4.73. The maximum atomic E-state index is 9.65. The fraction of sp³-hybridized carbons (Fsp3) is 0.500. The first-order chi connectivity index (χ1) is 6.87. The molecule has 3 N–H and O–H groups in total. The fourth-order valence-corrected chi connectivity index (χ4v) is 1.72. The molecule has 0 aliphatic carbocycles. The normalized spacial score (nSPS) is 12.1. The van der Waals surface area contributed by atoms with E-state index in [1.54, 1.807) is 0 Å². The van der Waals surface area contributed by atoms with Gasteiger partial charge in [0.25, 0.3) is 0 Å². The van der Waals surface area contributed by atoms with Crippen molar-refractivity contribution in [3.05, 3.63) is 29.8 Å². The quantitative estimate of drug-likeness (QED) is 0.737. The standard InChI is InChI=1S/C12H20N2O/c1-12(2,15)9-14(3)8-10-5-4-6-11(13)7-10/h4-7,15H,8-9,13H2,1-3H3. The zero-order chi connectivity index (χ0) is 11.5. The van der Waals surface area contributed by atoms with Gasteiger partial charge in [0.15, 0.2) is 0 Å². The molecular weight excluding hydrogens is 188 g/mol. The molecule has 0 aliphatic heterocycles. The van der Waals surface area contributed by atoms with Crippen LogP contribution in [-0.4, -0.2) is 29.2 Å². The number of nitrogen functional groups attached to an aromatic ring is 1. The van der Waals surface area contributed by atoms with E-state index in [1.165, 1.54) is 5.56 Å². The number of nitrogens with zero attached hydrogens (tertiary/aromatic N) is 1. The monoisotopic (exact) mass is 208 g/mol. The van der Waals surface area contributed by atoms with Crippen LogP contribution in [0.2, 0.25) is 0 Å². The van der Waals surface area contributed by atoms with Gasteiger partial charge in [-0.3, -0.25) is 4.90 Å². The lowest BCUT2D eigenvalue weighted by Crippen LogP contribution is -2.35. The molecule has 0 bridgehead atoms. The maximum absolute atomic E-state index is 9.65. The molecule has 0 saturated carbocycles. The molecule has 3 nitrogen and oxygen atoms in total. The molecule has 3 heteroatoms. The molecule has 1 aromatic carbocycles. The van der Waals surface area contributed by atoms with Crippen LogP contribution in [0.4, 0.5) is 5.69 Å². The molecule has 0 radical (unpaired) electrons. The number of aliphatic hydroxyl groups is 1. The van der Waals surface area contributed by atoms with Crippen LogP contribution in [0.25, 0.3) is 0 Å². The van der Waals surface area contributed by atoms with Gasteiger partial charge in [-0.1, -0.05) is 12.1 Å². The van der Waals surface area contributed by atoms with E-state index in [-0.39, 0.29) is 0 Å². The lowest BCUT2D eigenvalue weighted by Gasteiger charge is -2.25. The van der Waals surface area contributed by atoms with Crippen LogP contribution in [0.3, 0.4) is 0 Å². The largest absolute Gasteiger partial charge is 0.399 e. The van der Waals surface area contributed by atoms with Gasteiger partial charge in [0.2, 0.25) is 0 Å². The number of anilines is 1. The molecule has 1 aromatic rings. The van der Waals surface area contributed by atoms with Crippen molar-refractivity contribution in [1.29, 1.82) is 0 Å². The van der Waals surface area contributed by atoms with Crippen molar-refractivity contribution in [2.24, 2.45) is 0 Å². The average Bonchev–Trinajstić information content (AvgIpc) is 1.99. The fourth-order valence-electron chi connectivity index (χ4n) is 1.72. The first-order valence-corrected chi connectivity index (χ1v) is 5.12. The predicted molar refractivity (Wildman–Crippen MR) is 63.5 cm³/mol. The minimum absolute atomic E-state index is 0.641. The molecule has 0 atom stereocenters. The molecule has 0 saturated heterocycles. The van der Waals surface area contributed by atoms with Crippen LogP contribution >= 0.6 is 0 Å². The Balaban J connectivity index is 2.55. The second-order valence-corrected chi connectivity index (χ2v) is 4.73. The number of benzene rings is 1. The molecular formula is C12H20N2O. The van der Waals surface area contributed by atoms with Crippen LogP contribution in [0.5, 0.6) is 0 Å². The summed E-state index contributed by atoms with van der Waals surface area (Å²) in [5.41, 5.74) is 6.99. The molecule has 0 amide bonds. The first kappa shape index (κ1) is 12.0. The lowest BCUT2D eigenvalue weighted by molar-refractivity contribution is 0.0425. The van der Waals surface area contributed by atoms with Crippen molar-refractivity contribution in [3.8, 4) is 0 Å². The summed E-state index contributed by atoms with van der Waals surface area (Å²) in [4.78, 5) is 2.08. The molecule has 0 fully saturated rings. The van der Waals surface area contributed by atoms with E-state index in [0.29, 0.717) is 6.54 Å². The van der Waals surface area contributed by atoms with Crippen molar-refractivity contribution >= 4 is 5.69 Å². The van der Waals surface area contributed by atoms with Gasteiger partial charge in [0.1, 0.15) is 0 Å². The minimum atomic E-state index is -0.658. The Bertz CT molecular complexity index is 318. The van der Waals surface area contributed by atoms with E-state index < -0.39 is 5.60 Å². The number of hydrogen-bond donors (Lipinski definition) is 2.